The van der Waals surface area contributed by atoms with Gasteiger partial charge in [0, 0.05) is 69.7 Å². The average Bonchev–Trinajstić information content (AvgIpc) is 3.32. The number of aromatic nitrogens is 2. The molecule has 2 unspecified atom stereocenters. The lowest BCUT2D eigenvalue weighted by atomic mass is 9.97. The van der Waals surface area contributed by atoms with E-state index in [1.165, 1.54) is 6.07 Å². The van der Waals surface area contributed by atoms with Crippen molar-refractivity contribution in [2.24, 2.45) is 0 Å². The lowest BCUT2D eigenvalue weighted by Gasteiger charge is -2.41. The fourth-order valence-corrected chi connectivity index (χ4v) is 5.98. The van der Waals surface area contributed by atoms with Gasteiger partial charge in [0.05, 0.1) is 5.52 Å². The fraction of sp³-hybridized carbons (Fsp3) is 0.625. The summed E-state index contributed by atoms with van der Waals surface area (Å²) in [7, 11) is 0. The Balaban J connectivity index is 1.19. The Labute approximate surface area is 202 Å². The molecule has 4 heterocycles. The van der Waals surface area contributed by atoms with Gasteiger partial charge in [0.2, 0.25) is 5.91 Å². The van der Waals surface area contributed by atoms with Gasteiger partial charge in [-0.25, -0.2) is 9.07 Å². The summed E-state index contributed by atoms with van der Waals surface area (Å²) in [6.07, 6.45) is 3.73. The molecule has 3 aliphatic heterocycles. The van der Waals surface area contributed by atoms with Crippen LogP contribution in [0.15, 0.2) is 18.2 Å². The first-order valence-electron chi connectivity index (χ1n) is 12.3. The molecule has 2 aromatic rings. The Hall–Kier alpha value is -2.66. The number of rotatable bonds is 6. The molecule has 1 aromatic carbocycles. The number of piperazine rings is 1. The van der Waals surface area contributed by atoms with E-state index in [2.05, 4.69) is 20.2 Å². The van der Waals surface area contributed by atoms with Gasteiger partial charge in [0.25, 0.3) is 5.91 Å². The molecule has 1 N–H and O–H groups in total. The van der Waals surface area contributed by atoms with Crippen molar-refractivity contribution in [1.82, 2.24) is 29.8 Å². The van der Waals surface area contributed by atoms with E-state index in [4.69, 9.17) is 0 Å². The SMILES string of the molecule is CC(=O)N1CCN(CCN2C3CCC2CC(NC(=O)c2nn(C(F)F)c4ccc(F)cc24)C3)CC1. The van der Waals surface area contributed by atoms with E-state index >= 15 is 0 Å². The molecule has 0 saturated carbocycles. The molecule has 3 fully saturated rings. The first-order chi connectivity index (χ1) is 16.8. The summed E-state index contributed by atoms with van der Waals surface area (Å²) in [5.74, 6) is -1.01. The number of carbonyl (C=O) groups is 2. The third-order valence-corrected chi connectivity index (χ3v) is 7.78. The molecule has 5 rings (SSSR count). The van der Waals surface area contributed by atoms with E-state index < -0.39 is 18.3 Å². The lowest BCUT2D eigenvalue weighted by Crippen LogP contribution is -2.54. The van der Waals surface area contributed by atoms with E-state index in [0.717, 1.165) is 77.1 Å². The van der Waals surface area contributed by atoms with Gasteiger partial charge in [0.15, 0.2) is 5.69 Å². The van der Waals surface area contributed by atoms with Gasteiger partial charge < -0.3 is 10.2 Å². The zero-order chi connectivity index (χ0) is 24.7. The van der Waals surface area contributed by atoms with Crippen molar-refractivity contribution in [3.8, 4) is 0 Å². The monoisotopic (exact) mass is 492 g/mol. The predicted molar refractivity (Wildman–Crippen MR) is 124 cm³/mol. The molecule has 8 nitrogen and oxygen atoms in total. The summed E-state index contributed by atoms with van der Waals surface area (Å²) in [5.41, 5.74) is -0.134. The Morgan fingerprint density at radius 3 is 2.40 bits per heavy atom. The zero-order valence-electron chi connectivity index (χ0n) is 19.8. The summed E-state index contributed by atoms with van der Waals surface area (Å²) >= 11 is 0. The van der Waals surface area contributed by atoms with E-state index in [9.17, 15) is 22.8 Å². The van der Waals surface area contributed by atoms with Gasteiger partial charge in [0.1, 0.15) is 5.82 Å². The van der Waals surface area contributed by atoms with Crippen LogP contribution in [0.1, 0.15) is 49.6 Å². The lowest BCUT2D eigenvalue weighted by molar-refractivity contribution is -0.130. The number of fused-ring (bicyclic) bond motifs is 3. The second-order valence-corrected chi connectivity index (χ2v) is 9.84. The first-order valence-corrected chi connectivity index (χ1v) is 12.3. The van der Waals surface area contributed by atoms with Gasteiger partial charge in [-0.15, -0.1) is 0 Å². The maximum absolute atomic E-state index is 13.8. The third kappa shape index (κ3) is 4.88. The average molecular weight is 493 g/mol. The molecule has 35 heavy (non-hydrogen) atoms. The fourth-order valence-electron chi connectivity index (χ4n) is 5.98. The van der Waals surface area contributed by atoms with Crippen molar-refractivity contribution in [1.29, 1.82) is 0 Å². The van der Waals surface area contributed by atoms with E-state index in [1.54, 1.807) is 6.92 Å². The highest BCUT2D eigenvalue weighted by molar-refractivity contribution is 6.05. The number of benzene rings is 1. The number of nitrogens with one attached hydrogen (secondary N) is 1. The molecule has 190 valence electrons. The van der Waals surface area contributed by atoms with Crippen LogP contribution in [0, 0.1) is 5.82 Å². The standard InChI is InChI=1S/C24H31F3N6O2/c1-15(34)31-9-6-30(7-10-31)8-11-32-18-3-4-19(32)14-17(13-18)28-23(35)22-20-12-16(25)2-5-21(20)33(29-22)24(26)27/h2,5,12,17-19,24H,3-4,6-11,13-14H2,1H3,(H,28,35). The van der Waals surface area contributed by atoms with Crippen LogP contribution < -0.4 is 5.32 Å². The van der Waals surface area contributed by atoms with Crippen molar-refractivity contribution < 1.29 is 22.8 Å². The van der Waals surface area contributed by atoms with Crippen LogP contribution in [0.5, 0.6) is 0 Å². The molecule has 2 amide bonds. The number of hydrogen-bond donors (Lipinski definition) is 1. The number of halogens is 3. The second-order valence-electron chi connectivity index (χ2n) is 9.84. The van der Waals surface area contributed by atoms with Crippen LogP contribution in [0.2, 0.25) is 0 Å². The smallest absolute Gasteiger partial charge is 0.333 e. The molecule has 3 aliphatic rings. The minimum atomic E-state index is -2.92. The molecule has 11 heteroatoms. The second kappa shape index (κ2) is 9.77. The van der Waals surface area contributed by atoms with E-state index in [-0.39, 0.29) is 28.5 Å². The molecule has 0 spiro atoms. The van der Waals surface area contributed by atoms with E-state index in [0.29, 0.717) is 16.8 Å². The number of amides is 2. The minimum absolute atomic E-state index is 0.0329. The Bertz CT molecular complexity index is 1090. The summed E-state index contributed by atoms with van der Waals surface area (Å²) in [6.45, 7) is 3.93. The van der Waals surface area contributed by atoms with Gasteiger partial charge in [-0.1, -0.05) is 0 Å². The Kier molecular flexibility index (Phi) is 6.71. The largest absolute Gasteiger partial charge is 0.348 e. The molecule has 2 atom stereocenters. The molecule has 2 bridgehead atoms. The minimum Gasteiger partial charge on any atom is -0.348 e. The highest BCUT2D eigenvalue weighted by Gasteiger charge is 2.41. The van der Waals surface area contributed by atoms with Crippen molar-refractivity contribution >= 4 is 22.7 Å². The number of carbonyl (C=O) groups excluding carboxylic acids is 2. The number of hydrogen-bond acceptors (Lipinski definition) is 5. The topological polar surface area (TPSA) is 73.7 Å². The van der Waals surface area contributed by atoms with Crippen LogP contribution in [0.4, 0.5) is 13.2 Å². The molecular formula is C24H31F3N6O2. The van der Waals surface area contributed by atoms with Crippen LogP contribution in [0.25, 0.3) is 10.9 Å². The third-order valence-electron chi connectivity index (χ3n) is 7.78. The van der Waals surface area contributed by atoms with Crippen molar-refractivity contribution in [3.63, 3.8) is 0 Å². The summed E-state index contributed by atoms with van der Waals surface area (Å²) in [6, 6.07) is 4.05. The Morgan fingerprint density at radius 1 is 1.09 bits per heavy atom. The maximum Gasteiger partial charge on any atom is 0.333 e. The van der Waals surface area contributed by atoms with Crippen LogP contribution in [-0.4, -0.2) is 93.7 Å². The number of alkyl halides is 2. The van der Waals surface area contributed by atoms with Crippen molar-refractivity contribution in [3.05, 3.63) is 29.7 Å². The van der Waals surface area contributed by atoms with E-state index in [1.807, 2.05) is 4.90 Å². The van der Waals surface area contributed by atoms with Crippen LogP contribution in [-0.2, 0) is 4.79 Å². The summed E-state index contributed by atoms with van der Waals surface area (Å²) in [5, 5.41) is 6.88. The quantitative estimate of drug-likeness (QED) is 0.671. The van der Waals surface area contributed by atoms with Crippen LogP contribution in [0.3, 0.4) is 0 Å². The molecule has 1 aromatic heterocycles. The molecule has 0 aliphatic carbocycles. The summed E-state index contributed by atoms with van der Waals surface area (Å²) in [4.78, 5) is 31.3. The predicted octanol–water partition coefficient (Wildman–Crippen LogP) is 2.46. The number of nitrogens with zero attached hydrogens (tertiary/aromatic N) is 5. The first kappa shape index (κ1) is 24.1. The van der Waals surface area contributed by atoms with Gasteiger partial charge in [-0.2, -0.15) is 13.9 Å². The highest BCUT2D eigenvalue weighted by Crippen LogP contribution is 2.36. The normalized spacial score (nSPS) is 25.5. The van der Waals surface area contributed by atoms with Crippen molar-refractivity contribution in [2.45, 2.75) is 57.3 Å². The van der Waals surface area contributed by atoms with Crippen LogP contribution >= 0.6 is 0 Å². The Morgan fingerprint density at radius 2 is 1.77 bits per heavy atom. The van der Waals surface area contributed by atoms with Gasteiger partial charge in [-0.05, 0) is 43.9 Å². The van der Waals surface area contributed by atoms with Gasteiger partial charge in [-0.3, -0.25) is 19.4 Å². The molecule has 0 radical (unpaired) electrons. The zero-order valence-corrected chi connectivity index (χ0v) is 19.8. The summed E-state index contributed by atoms with van der Waals surface area (Å²) < 4.78 is 41.0. The molecule has 3 saturated heterocycles. The maximum atomic E-state index is 13.8. The van der Waals surface area contributed by atoms with Gasteiger partial charge >= 0.3 is 6.55 Å². The number of piperidine rings is 1. The molecular weight excluding hydrogens is 461 g/mol. The van der Waals surface area contributed by atoms with Crippen molar-refractivity contribution in [2.75, 3.05) is 39.3 Å². The highest BCUT2D eigenvalue weighted by atomic mass is 19.3.